The van der Waals surface area contributed by atoms with Crippen molar-refractivity contribution in [2.24, 2.45) is 14.1 Å². The van der Waals surface area contributed by atoms with Crippen LogP contribution >= 0.6 is 0 Å². The molecule has 0 fully saturated rings. The summed E-state index contributed by atoms with van der Waals surface area (Å²) in [5.41, 5.74) is 4.40. The molecule has 10 nitrogen and oxygen atoms in total. The van der Waals surface area contributed by atoms with Gasteiger partial charge < -0.3 is 9.13 Å². The highest BCUT2D eigenvalue weighted by Crippen LogP contribution is 2.30. The largest absolute Gasteiger partial charge is 0.327 e. The highest BCUT2D eigenvalue weighted by Gasteiger charge is 2.16. The first kappa shape index (κ1) is 19.4. The summed E-state index contributed by atoms with van der Waals surface area (Å²) in [6.45, 7) is 0. The van der Waals surface area contributed by atoms with Gasteiger partial charge in [0, 0.05) is 49.5 Å². The molecule has 158 valence electrons. The Hall–Kier alpha value is -4.60. The van der Waals surface area contributed by atoms with Crippen LogP contribution in [0.5, 0.6) is 0 Å². The number of hydrogen-bond donors (Lipinski definition) is 0. The van der Waals surface area contributed by atoms with Crippen LogP contribution in [-0.4, -0.2) is 28.9 Å². The average Bonchev–Trinajstić information content (AvgIpc) is 3.30. The molecule has 3 aromatic carbocycles. The number of nitro benzene ring substituents is 2. The van der Waals surface area contributed by atoms with Crippen molar-refractivity contribution in [2.45, 2.75) is 0 Å². The summed E-state index contributed by atoms with van der Waals surface area (Å²) >= 11 is 0. The Bertz CT molecular complexity index is 1430. The SMILES string of the molecule is Cn1c(-c2ccc(-c3nc4cc([N+](=O)[O-])ccc4n3C)cc2)nc2cc([N+](=O)[O-])ccc21. The normalized spacial score (nSPS) is 11.3. The highest BCUT2D eigenvalue weighted by molar-refractivity contribution is 5.84. The van der Waals surface area contributed by atoms with Crippen LogP contribution in [0.25, 0.3) is 44.8 Å². The number of fused-ring (bicyclic) bond motifs is 2. The van der Waals surface area contributed by atoms with Crippen LogP contribution < -0.4 is 0 Å². The first-order chi connectivity index (χ1) is 15.3. The quantitative estimate of drug-likeness (QED) is 0.304. The lowest BCUT2D eigenvalue weighted by atomic mass is 10.1. The van der Waals surface area contributed by atoms with Gasteiger partial charge in [-0.2, -0.15) is 0 Å². The second-order valence-corrected chi connectivity index (χ2v) is 7.43. The molecular formula is C22H16N6O4. The van der Waals surface area contributed by atoms with E-state index in [-0.39, 0.29) is 11.4 Å². The van der Waals surface area contributed by atoms with Crippen LogP contribution in [0, 0.1) is 20.2 Å². The van der Waals surface area contributed by atoms with Crippen molar-refractivity contribution >= 4 is 33.4 Å². The lowest BCUT2D eigenvalue weighted by Gasteiger charge is -2.05. The minimum absolute atomic E-state index is 0.000386. The summed E-state index contributed by atoms with van der Waals surface area (Å²) in [4.78, 5) is 30.4. The number of imidazole rings is 2. The van der Waals surface area contributed by atoms with Gasteiger partial charge in [0.1, 0.15) is 11.6 Å². The van der Waals surface area contributed by atoms with E-state index in [0.29, 0.717) is 22.7 Å². The second-order valence-electron chi connectivity index (χ2n) is 7.43. The van der Waals surface area contributed by atoms with E-state index in [4.69, 9.17) is 0 Å². The number of rotatable bonds is 4. The number of nitro groups is 2. The third kappa shape index (κ3) is 2.97. The van der Waals surface area contributed by atoms with Crippen molar-refractivity contribution in [3.63, 3.8) is 0 Å². The van der Waals surface area contributed by atoms with Gasteiger partial charge in [-0.3, -0.25) is 20.2 Å². The van der Waals surface area contributed by atoms with Crippen LogP contribution in [0.3, 0.4) is 0 Å². The Balaban J connectivity index is 1.55. The van der Waals surface area contributed by atoms with Gasteiger partial charge in [0.15, 0.2) is 0 Å². The van der Waals surface area contributed by atoms with Crippen LogP contribution in [0.15, 0.2) is 60.7 Å². The lowest BCUT2D eigenvalue weighted by Crippen LogP contribution is -1.94. The van der Waals surface area contributed by atoms with Gasteiger partial charge in [-0.15, -0.1) is 0 Å². The molecule has 0 radical (unpaired) electrons. The Labute approximate surface area is 180 Å². The van der Waals surface area contributed by atoms with E-state index in [1.165, 1.54) is 24.3 Å². The van der Waals surface area contributed by atoms with Gasteiger partial charge in [-0.05, 0) is 12.1 Å². The van der Waals surface area contributed by atoms with Crippen LogP contribution in [0.1, 0.15) is 0 Å². The summed E-state index contributed by atoms with van der Waals surface area (Å²) in [5, 5.41) is 22.1. The molecule has 0 unspecified atom stereocenters. The zero-order valence-electron chi connectivity index (χ0n) is 17.1. The van der Waals surface area contributed by atoms with Gasteiger partial charge in [-0.1, -0.05) is 24.3 Å². The van der Waals surface area contributed by atoms with E-state index < -0.39 is 9.85 Å². The lowest BCUT2D eigenvalue weighted by molar-refractivity contribution is -0.384. The predicted molar refractivity (Wildman–Crippen MR) is 119 cm³/mol. The van der Waals surface area contributed by atoms with Crippen molar-refractivity contribution in [3.8, 4) is 22.8 Å². The van der Waals surface area contributed by atoms with Crippen molar-refractivity contribution in [1.29, 1.82) is 0 Å². The van der Waals surface area contributed by atoms with Gasteiger partial charge in [0.05, 0.1) is 31.9 Å². The first-order valence-corrected chi connectivity index (χ1v) is 9.66. The van der Waals surface area contributed by atoms with E-state index in [1.54, 1.807) is 12.1 Å². The summed E-state index contributed by atoms with van der Waals surface area (Å²) in [5.74, 6) is 1.38. The maximum absolute atomic E-state index is 11.1. The van der Waals surface area contributed by atoms with Crippen molar-refractivity contribution in [3.05, 3.63) is 80.9 Å². The molecule has 0 bridgehead atoms. The van der Waals surface area contributed by atoms with E-state index in [1.807, 2.05) is 47.5 Å². The third-order valence-electron chi connectivity index (χ3n) is 5.55. The minimum Gasteiger partial charge on any atom is -0.327 e. The molecule has 0 aliphatic rings. The molecule has 0 aliphatic carbocycles. The molecule has 0 N–H and O–H groups in total. The molecule has 0 saturated heterocycles. The standard InChI is InChI=1S/C22H16N6O4/c1-25-19-9-7-15(27(29)30)11-17(19)23-21(25)13-3-5-14(6-4-13)22-24-18-12-16(28(31)32)8-10-20(18)26(22)2/h3-12H,1-2H3. The van der Waals surface area contributed by atoms with Crippen molar-refractivity contribution in [2.75, 3.05) is 0 Å². The molecule has 0 spiro atoms. The maximum atomic E-state index is 11.1. The van der Waals surface area contributed by atoms with Crippen LogP contribution in [-0.2, 0) is 14.1 Å². The van der Waals surface area contributed by atoms with Crippen molar-refractivity contribution in [1.82, 2.24) is 19.1 Å². The summed E-state index contributed by atoms with van der Waals surface area (Å²) in [7, 11) is 3.73. The van der Waals surface area contributed by atoms with E-state index >= 15 is 0 Å². The van der Waals surface area contributed by atoms with Gasteiger partial charge in [-0.25, -0.2) is 9.97 Å². The summed E-state index contributed by atoms with van der Waals surface area (Å²) < 4.78 is 3.78. The second kappa shape index (κ2) is 6.98. The van der Waals surface area contributed by atoms with Gasteiger partial charge in [0.25, 0.3) is 11.4 Å². The Morgan fingerprint density at radius 2 is 1.03 bits per heavy atom. The van der Waals surface area contributed by atoms with Gasteiger partial charge in [0.2, 0.25) is 0 Å². The van der Waals surface area contributed by atoms with Crippen LogP contribution in [0.2, 0.25) is 0 Å². The van der Waals surface area contributed by atoms with Crippen LogP contribution in [0.4, 0.5) is 11.4 Å². The van der Waals surface area contributed by atoms with Gasteiger partial charge >= 0.3 is 0 Å². The molecular weight excluding hydrogens is 412 g/mol. The fourth-order valence-electron chi connectivity index (χ4n) is 3.89. The maximum Gasteiger partial charge on any atom is 0.271 e. The molecule has 0 aliphatic heterocycles. The summed E-state index contributed by atoms with van der Waals surface area (Å²) in [6, 6.07) is 16.9. The van der Waals surface area contributed by atoms with E-state index in [2.05, 4.69) is 9.97 Å². The highest BCUT2D eigenvalue weighted by atomic mass is 16.6. The molecule has 5 aromatic rings. The molecule has 32 heavy (non-hydrogen) atoms. The predicted octanol–water partition coefficient (Wildman–Crippen LogP) is 4.61. The molecule has 5 rings (SSSR count). The van der Waals surface area contributed by atoms with E-state index in [0.717, 1.165) is 22.2 Å². The number of non-ortho nitro benzene ring substituents is 2. The molecule has 2 aromatic heterocycles. The third-order valence-corrected chi connectivity index (χ3v) is 5.55. The van der Waals surface area contributed by atoms with Crippen molar-refractivity contribution < 1.29 is 9.85 Å². The number of nitrogens with zero attached hydrogens (tertiary/aromatic N) is 6. The minimum atomic E-state index is -0.436. The average molecular weight is 428 g/mol. The molecule has 0 saturated carbocycles. The fraction of sp³-hybridized carbons (Fsp3) is 0.0909. The zero-order chi connectivity index (χ0) is 22.6. The molecule has 2 heterocycles. The summed E-state index contributed by atoms with van der Waals surface area (Å²) in [6.07, 6.45) is 0. The van der Waals surface area contributed by atoms with E-state index in [9.17, 15) is 20.2 Å². The monoisotopic (exact) mass is 428 g/mol. The molecule has 10 heteroatoms. The Kier molecular flexibility index (Phi) is 4.22. The number of aromatic nitrogens is 4. The first-order valence-electron chi connectivity index (χ1n) is 9.66. The smallest absolute Gasteiger partial charge is 0.271 e. The Morgan fingerprint density at radius 1 is 0.656 bits per heavy atom. The zero-order valence-corrected chi connectivity index (χ0v) is 17.1. The number of hydrogen-bond acceptors (Lipinski definition) is 6. The topological polar surface area (TPSA) is 122 Å². The molecule has 0 amide bonds. The number of aryl methyl sites for hydroxylation is 2. The molecule has 0 atom stereocenters. The fourth-order valence-corrected chi connectivity index (χ4v) is 3.89. The Morgan fingerprint density at radius 3 is 1.38 bits per heavy atom. The number of benzene rings is 3.